The highest BCUT2D eigenvalue weighted by Gasteiger charge is 2.44. The Balaban J connectivity index is 1.62. The van der Waals surface area contributed by atoms with Crippen LogP contribution in [0.25, 0.3) is 0 Å². The highest BCUT2D eigenvalue weighted by molar-refractivity contribution is 5.79. The van der Waals surface area contributed by atoms with E-state index in [4.69, 9.17) is 4.74 Å². The topological polar surface area (TPSA) is 26.3 Å². The minimum atomic E-state index is 0.209. The molecule has 0 aromatic carbocycles. The second kappa shape index (κ2) is 4.06. The number of hydrogen-bond acceptors (Lipinski definition) is 2. The van der Waals surface area contributed by atoms with Gasteiger partial charge in [-0.2, -0.15) is 0 Å². The maximum atomic E-state index is 11.6. The zero-order valence-electron chi connectivity index (χ0n) is 10.7. The number of ketones is 1. The van der Waals surface area contributed by atoms with Gasteiger partial charge in [0.15, 0.2) is 0 Å². The molecule has 4 atom stereocenters. The SMILES string of the molecule is O=C1CCC2C(C1)OCC1C3=C(C=CC12)CCC3. The Bertz CT molecular complexity index is 446. The number of rotatable bonds is 0. The molecule has 0 N–H and O–H groups in total. The Morgan fingerprint density at radius 3 is 3.11 bits per heavy atom. The van der Waals surface area contributed by atoms with Gasteiger partial charge in [-0.25, -0.2) is 0 Å². The minimum absolute atomic E-state index is 0.209. The van der Waals surface area contributed by atoms with Gasteiger partial charge in [0.1, 0.15) is 5.78 Å². The molecular formula is C16H20O2. The molecule has 1 saturated carbocycles. The molecule has 0 aromatic heterocycles. The molecule has 1 saturated heterocycles. The van der Waals surface area contributed by atoms with E-state index in [0.717, 1.165) is 19.4 Å². The third kappa shape index (κ3) is 1.55. The monoisotopic (exact) mass is 244 g/mol. The molecule has 0 amide bonds. The molecule has 4 unspecified atom stereocenters. The summed E-state index contributed by atoms with van der Waals surface area (Å²) in [5, 5.41) is 0. The van der Waals surface area contributed by atoms with Crippen LogP contribution in [0.15, 0.2) is 23.3 Å². The fraction of sp³-hybridized carbons (Fsp3) is 0.688. The lowest BCUT2D eigenvalue weighted by atomic mass is 9.66. The predicted octanol–water partition coefficient (Wildman–Crippen LogP) is 3.04. The lowest BCUT2D eigenvalue weighted by Gasteiger charge is -2.46. The largest absolute Gasteiger partial charge is 0.377 e. The van der Waals surface area contributed by atoms with Gasteiger partial charge >= 0.3 is 0 Å². The average molecular weight is 244 g/mol. The first kappa shape index (κ1) is 11.0. The molecule has 0 bridgehead atoms. The standard InChI is InChI=1S/C16H20O2/c17-11-5-7-14-13-6-4-10-2-1-3-12(10)15(13)9-18-16(14)8-11/h4,6,13-16H,1-3,5,7-9H2. The number of fused-ring (bicyclic) bond motifs is 4. The molecule has 2 fully saturated rings. The fourth-order valence-electron chi connectivity index (χ4n) is 4.49. The van der Waals surface area contributed by atoms with Crippen LogP contribution in [0.3, 0.4) is 0 Å². The molecule has 4 rings (SSSR count). The van der Waals surface area contributed by atoms with Crippen molar-refractivity contribution in [3.8, 4) is 0 Å². The van der Waals surface area contributed by atoms with E-state index in [-0.39, 0.29) is 6.10 Å². The van der Waals surface area contributed by atoms with E-state index in [0.29, 0.717) is 30.0 Å². The van der Waals surface area contributed by atoms with E-state index in [1.54, 1.807) is 11.1 Å². The molecule has 18 heavy (non-hydrogen) atoms. The zero-order valence-corrected chi connectivity index (χ0v) is 10.7. The Morgan fingerprint density at radius 2 is 2.17 bits per heavy atom. The van der Waals surface area contributed by atoms with Crippen molar-refractivity contribution in [3.63, 3.8) is 0 Å². The Hall–Kier alpha value is -0.890. The summed E-state index contributed by atoms with van der Waals surface area (Å²) < 4.78 is 6.04. The fourth-order valence-corrected chi connectivity index (χ4v) is 4.49. The van der Waals surface area contributed by atoms with E-state index in [2.05, 4.69) is 12.2 Å². The summed E-state index contributed by atoms with van der Waals surface area (Å²) in [6.07, 6.45) is 11.4. The average Bonchev–Trinajstić information content (AvgIpc) is 2.86. The molecule has 1 aliphatic heterocycles. The molecular weight excluding hydrogens is 224 g/mol. The second-order valence-corrected chi connectivity index (χ2v) is 6.26. The zero-order chi connectivity index (χ0) is 12.1. The van der Waals surface area contributed by atoms with Crippen molar-refractivity contribution in [3.05, 3.63) is 23.3 Å². The normalized spacial score (nSPS) is 42.6. The molecule has 96 valence electrons. The summed E-state index contributed by atoms with van der Waals surface area (Å²) in [7, 11) is 0. The number of allylic oxidation sites excluding steroid dienone is 3. The van der Waals surface area contributed by atoms with Crippen LogP contribution in [-0.2, 0) is 9.53 Å². The van der Waals surface area contributed by atoms with Crippen molar-refractivity contribution in [2.24, 2.45) is 17.8 Å². The summed E-state index contributed by atoms with van der Waals surface area (Å²) in [6, 6.07) is 0. The quantitative estimate of drug-likeness (QED) is 0.654. The first-order valence-electron chi connectivity index (χ1n) is 7.36. The highest BCUT2D eigenvalue weighted by atomic mass is 16.5. The van der Waals surface area contributed by atoms with Crippen molar-refractivity contribution >= 4 is 5.78 Å². The van der Waals surface area contributed by atoms with Crippen LogP contribution in [0, 0.1) is 17.8 Å². The first-order chi connectivity index (χ1) is 8.83. The van der Waals surface area contributed by atoms with E-state index in [9.17, 15) is 4.79 Å². The van der Waals surface area contributed by atoms with Gasteiger partial charge in [-0.05, 0) is 43.1 Å². The van der Waals surface area contributed by atoms with Gasteiger partial charge in [-0.15, -0.1) is 0 Å². The van der Waals surface area contributed by atoms with Crippen molar-refractivity contribution in [1.29, 1.82) is 0 Å². The maximum Gasteiger partial charge on any atom is 0.135 e. The molecule has 2 nitrogen and oxygen atoms in total. The van der Waals surface area contributed by atoms with Crippen molar-refractivity contribution < 1.29 is 9.53 Å². The number of carbonyl (C=O) groups is 1. The number of carbonyl (C=O) groups excluding carboxylic acids is 1. The third-order valence-corrected chi connectivity index (χ3v) is 5.38. The van der Waals surface area contributed by atoms with Gasteiger partial charge in [0.2, 0.25) is 0 Å². The summed E-state index contributed by atoms with van der Waals surface area (Å²) in [4.78, 5) is 11.6. The van der Waals surface area contributed by atoms with Crippen LogP contribution in [0.1, 0.15) is 38.5 Å². The van der Waals surface area contributed by atoms with Gasteiger partial charge in [0.05, 0.1) is 12.7 Å². The maximum absolute atomic E-state index is 11.6. The lowest BCUT2D eigenvalue weighted by molar-refractivity contribution is -0.136. The third-order valence-electron chi connectivity index (χ3n) is 5.38. The molecule has 2 heteroatoms. The van der Waals surface area contributed by atoms with Gasteiger partial charge in [0, 0.05) is 18.8 Å². The van der Waals surface area contributed by atoms with Crippen LogP contribution >= 0.6 is 0 Å². The number of hydrogen-bond donors (Lipinski definition) is 0. The molecule has 3 aliphatic carbocycles. The molecule has 0 spiro atoms. The van der Waals surface area contributed by atoms with Crippen LogP contribution in [0.2, 0.25) is 0 Å². The number of ether oxygens (including phenoxy) is 1. The molecule has 4 aliphatic rings. The van der Waals surface area contributed by atoms with Crippen molar-refractivity contribution in [2.75, 3.05) is 6.61 Å². The second-order valence-electron chi connectivity index (χ2n) is 6.26. The van der Waals surface area contributed by atoms with Crippen LogP contribution in [-0.4, -0.2) is 18.5 Å². The van der Waals surface area contributed by atoms with Crippen molar-refractivity contribution in [1.82, 2.24) is 0 Å². The lowest BCUT2D eigenvalue weighted by Crippen LogP contribution is -2.46. The molecule has 0 aromatic rings. The van der Waals surface area contributed by atoms with Gasteiger partial charge < -0.3 is 4.74 Å². The minimum Gasteiger partial charge on any atom is -0.377 e. The van der Waals surface area contributed by atoms with Crippen LogP contribution in [0.5, 0.6) is 0 Å². The van der Waals surface area contributed by atoms with Gasteiger partial charge in [-0.1, -0.05) is 17.7 Å². The van der Waals surface area contributed by atoms with E-state index >= 15 is 0 Å². The first-order valence-corrected chi connectivity index (χ1v) is 7.36. The Labute approximate surface area is 108 Å². The van der Waals surface area contributed by atoms with Crippen molar-refractivity contribution in [2.45, 2.75) is 44.6 Å². The van der Waals surface area contributed by atoms with E-state index in [1.807, 2.05) is 0 Å². The van der Waals surface area contributed by atoms with Crippen LogP contribution < -0.4 is 0 Å². The van der Waals surface area contributed by atoms with Gasteiger partial charge in [-0.3, -0.25) is 4.79 Å². The van der Waals surface area contributed by atoms with Crippen LogP contribution in [0.4, 0.5) is 0 Å². The summed E-state index contributed by atoms with van der Waals surface area (Å²) in [5.74, 6) is 2.26. The van der Waals surface area contributed by atoms with Gasteiger partial charge in [0.25, 0.3) is 0 Å². The number of Topliss-reactive ketones (excluding diaryl/α,β-unsaturated/α-hetero) is 1. The van der Waals surface area contributed by atoms with E-state index < -0.39 is 0 Å². The Kier molecular flexibility index (Phi) is 2.47. The molecule has 0 radical (unpaired) electrons. The summed E-state index contributed by atoms with van der Waals surface area (Å²) in [6.45, 7) is 0.849. The predicted molar refractivity (Wildman–Crippen MR) is 69.1 cm³/mol. The summed E-state index contributed by atoms with van der Waals surface area (Å²) >= 11 is 0. The summed E-state index contributed by atoms with van der Waals surface area (Å²) in [5.41, 5.74) is 3.27. The molecule has 1 heterocycles. The highest BCUT2D eigenvalue weighted by Crippen LogP contribution is 2.48. The Morgan fingerprint density at radius 1 is 1.22 bits per heavy atom. The van der Waals surface area contributed by atoms with E-state index in [1.165, 1.54) is 19.3 Å². The smallest absolute Gasteiger partial charge is 0.135 e.